The summed E-state index contributed by atoms with van der Waals surface area (Å²) in [5.74, 6) is 0.734. The van der Waals surface area contributed by atoms with Crippen molar-refractivity contribution in [3.05, 3.63) is 148 Å². The quantitative estimate of drug-likeness (QED) is 0.181. The summed E-state index contributed by atoms with van der Waals surface area (Å²) in [6.07, 6.45) is 0.805. The molecule has 5 aromatic carbocycles. The van der Waals surface area contributed by atoms with Crippen LogP contribution in [0.3, 0.4) is 0 Å². The van der Waals surface area contributed by atoms with Gasteiger partial charge in [-0.1, -0.05) is 76.1 Å². The molecule has 10 rings (SSSR count). The van der Waals surface area contributed by atoms with E-state index in [1.165, 1.54) is 27.3 Å². The molecule has 0 bridgehead atoms. The highest BCUT2D eigenvalue weighted by molar-refractivity contribution is 6.12. The second-order valence-electron chi connectivity index (χ2n) is 17.9. The minimum atomic E-state index is -1.68. The van der Waals surface area contributed by atoms with Gasteiger partial charge in [0.2, 0.25) is 5.90 Å². The van der Waals surface area contributed by atoms with Gasteiger partial charge in [0.15, 0.2) is 0 Å². The lowest BCUT2D eigenvalue weighted by Gasteiger charge is -2.36. The Labute approximate surface area is 332 Å². The fourth-order valence-electron chi connectivity index (χ4n) is 9.20. The monoisotopic (exact) mass is 736 g/mol. The normalized spacial score (nSPS) is 19.7. The number of pyridine rings is 1. The maximum Gasteiger partial charge on any atom is 0.217 e. The van der Waals surface area contributed by atoms with Gasteiger partial charge in [-0.25, -0.2) is 9.98 Å². The summed E-state index contributed by atoms with van der Waals surface area (Å²) in [5.41, 5.74) is 14.0. The maximum atomic E-state index is 9.46. The summed E-state index contributed by atoms with van der Waals surface area (Å²) in [4.78, 5) is 10.1. The fourth-order valence-corrected chi connectivity index (χ4v) is 9.20. The molecule has 280 valence electrons. The fraction of sp³-hybridized carbons (Fsp3) is 0.294. The van der Waals surface area contributed by atoms with Crippen LogP contribution in [0.1, 0.15) is 94.7 Å². The van der Waals surface area contributed by atoms with E-state index in [-0.39, 0.29) is 11.3 Å². The first-order valence-electron chi connectivity index (χ1n) is 21.0. The number of hydrogen-bond donors (Lipinski definition) is 0. The number of rotatable bonds is 4. The number of nitrogens with zero attached hydrogens (tertiary/aromatic N) is 4. The van der Waals surface area contributed by atoms with Crippen LogP contribution in [0, 0.1) is 20.8 Å². The highest BCUT2D eigenvalue weighted by atomic mass is 16.5. The number of ether oxygens (including phenoxy) is 1. The summed E-state index contributed by atoms with van der Waals surface area (Å²) in [6.45, 7) is 19.5. The molecule has 0 radical (unpaired) electrons. The molecule has 0 saturated heterocycles. The average molecular weight is 737 g/mol. The molecule has 0 saturated carbocycles. The van der Waals surface area contributed by atoms with Gasteiger partial charge < -0.3 is 9.30 Å². The van der Waals surface area contributed by atoms with Crippen LogP contribution >= 0.6 is 0 Å². The topological polar surface area (TPSA) is 44.3 Å². The number of aliphatic imine (C=N–C) groups is 1. The molecule has 56 heavy (non-hydrogen) atoms. The van der Waals surface area contributed by atoms with Crippen molar-refractivity contribution in [3.8, 4) is 11.4 Å². The third kappa shape index (κ3) is 5.34. The Morgan fingerprint density at radius 1 is 0.768 bits per heavy atom. The summed E-state index contributed by atoms with van der Waals surface area (Å²) in [5, 5.41) is 4.70. The van der Waals surface area contributed by atoms with Crippen molar-refractivity contribution in [2.75, 3.05) is 0 Å². The molecule has 5 nitrogen and oxygen atoms in total. The Morgan fingerprint density at radius 3 is 2.36 bits per heavy atom. The third-order valence-corrected chi connectivity index (χ3v) is 12.3. The molecular formula is C51H50N4O. The van der Waals surface area contributed by atoms with Gasteiger partial charge in [0.1, 0.15) is 11.2 Å². The first kappa shape index (κ1) is 32.6. The van der Waals surface area contributed by atoms with Gasteiger partial charge >= 0.3 is 0 Å². The second-order valence-corrected chi connectivity index (χ2v) is 17.9. The van der Waals surface area contributed by atoms with Gasteiger partial charge in [0, 0.05) is 53.8 Å². The molecule has 0 N–H and O–H groups in total. The standard InChI is InChI=1S/C51H50N4O/c1-29(2)33-22-35(49-53-47-25-34-20-31(4)19-32(5)43(34)28-51(47,9)56-49)24-38(23-33)54-44-16-12-30(3)21-41(44)39-15-14-37(27-46(39)54)55-45-17-13-36(50(6,7)8)26-42(45)40-11-10-18-52-48(40)55/h10-24,26-27,29,47H,25,28H2,1-9H3/t47-,51-/m0/s1/i25D2. The van der Waals surface area contributed by atoms with E-state index in [2.05, 4.69) is 143 Å². The van der Waals surface area contributed by atoms with E-state index >= 15 is 0 Å². The molecule has 0 amide bonds. The summed E-state index contributed by atoms with van der Waals surface area (Å²) in [7, 11) is 0. The summed E-state index contributed by atoms with van der Waals surface area (Å²) < 4.78 is 30.5. The minimum absolute atomic E-state index is 0.0195. The molecule has 0 fully saturated rings. The maximum absolute atomic E-state index is 9.46. The molecule has 4 heterocycles. The summed E-state index contributed by atoms with van der Waals surface area (Å²) >= 11 is 0. The Kier molecular flexibility index (Phi) is 7.07. The van der Waals surface area contributed by atoms with Gasteiger partial charge in [-0.05, 0) is 140 Å². The molecule has 8 aromatic rings. The third-order valence-electron chi connectivity index (χ3n) is 12.3. The molecule has 1 aliphatic heterocycles. The predicted octanol–water partition coefficient (Wildman–Crippen LogP) is 12.3. The smallest absolute Gasteiger partial charge is 0.217 e. The Bertz CT molecular complexity index is 3070. The Hall–Kier alpha value is -5.68. The zero-order chi connectivity index (χ0) is 40.6. The Balaban J connectivity index is 1.18. The van der Waals surface area contributed by atoms with E-state index in [0.717, 1.165) is 72.3 Å². The van der Waals surface area contributed by atoms with Crippen molar-refractivity contribution in [2.24, 2.45) is 4.99 Å². The van der Waals surface area contributed by atoms with Crippen LogP contribution in [0.5, 0.6) is 0 Å². The first-order valence-corrected chi connectivity index (χ1v) is 20.0. The van der Waals surface area contributed by atoms with Gasteiger partial charge in [0.05, 0.1) is 22.6 Å². The molecule has 0 unspecified atom stereocenters. The lowest BCUT2D eigenvalue weighted by atomic mass is 9.76. The molecule has 3 aromatic heterocycles. The lowest BCUT2D eigenvalue weighted by Crippen LogP contribution is -2.44. The zero-order valence-electron chi connectivity index (χ0n) is 35.9. The van der Waals surface area contributed by atoms with E-state index in [0.29, 0.717) is 12.3 Å². The summed E-state index contributed by atoms with van der Waals surface area (Å²) in [6, 6.07) is 34.7. The van der Waals surface area contributed by atoms with E-state index < -0.39 is 18.0 Å². The van der Waals surface area contributed by atoms with Crippen molar-refractivity contribution < 1.29 is 7.48 Å². The van der Waals surface area contributed by atoms with Crippen molar-refractivity contribution in [1.29, 1.82) is 0 Å². The van der Waals surface area contributed by atoms with Crippen LogP contribution < -0.4 is 0 Å². The highest BCUT2D eigenvalue weighted by Crippen LogP contribution is 2.42. The van der Waals surface area contributed by atoms with Gasteiger partial charge in [-0.15, -0.1) is 0 Å². The van der Waals surface area contributed by atoms with Crippen LogP contribution in [0.15, 0.2) is 108 Å². The van der Waals surface area contributed by atoms with Gasteiger partial charge in [-0.3, -0.25) is 4.57 Å². The number of fused-ring (bicyclic) bond motifs is 8. The molecule has 2 aliphatic rings. The van der Waals surface area contributed by atoms with E-state index in [1.54, 1.807) is 0 Å². The molecule has 5 heteroatoms. The van der Waals surface area contributed by atoms with Crippen molar-refractivity contribution in [2.45, 2.75) is 98.1 Å². The SMILES string of the molecule is [2H]C1([2H])c2cc(C)cc(C)c2C[C@]2(C)OC(c3cc(C(C)C)cc(-n4c5ccc(C)cc5c5ccc(-n6c7ccc(C(C)(C)C)cc7c7cccnc76)cc54)c3)=N[C@@H]12. The van der Waals surface area contributed by atoms with Crippen molar-refractivity contribution in [3.63, 3.8) is 0 Å². The minimum Gasteiger partial charge on any atom is -0.468 e. The first-order chi connectivity index (χ1) is 27.5. The van der Waals surface area contributed by atoms with Crippen LogP contribution in [-0.4, -0.2) is 31.7 Å². The van der Waals surface area contributed by atoms with Crippen LogP contribution in [0.25, 0.3) is 55.1 Å². The van der Waals surface area contributed by atoms with E-state index in [9.17, 15) is 2.74 Å². The van der Waals surface area contributed by atoms with E-state index in [1.807, 2.05) is 32.2 Å². The largest absolute Gasteiger partial charge is 0.468 e. The lowest BCUT2D eigenvalue weighted by molar-refractivity contribution is 0.0701. The number of aryl methyl sites for hydroxylation is 3. The Morgan fingerprint density at radius 2 is 1.55 bits per heavy atom. The molecule has 2 atom stereocenters. The zero-order valence-corrected chi connectivity index (χ0v) is 33.9. The van der Waals surface area contributed by atoms with Crippen molar-refractivity contribution >= 4 is 49.6 Å². The van der Waals surface area contributed by atoms with Gasteiger partial charge in [0.25, 0.3) is 0 Å². The number of benzene rings is 5. The van der Waals surface area contributed by atoms with Crippen LogP contribution in [-0.2, 0) is 22.9 Å². The number of aromatic nitrogens is 3. The van der Waals surface area contributed by atoms with Crippen molar-refractivity contribution in [1.82, 2.24) is 14.1 Å². The average Bonchev–Trinajstić information content (AvgIpc) is 3.82. The molecule has 0 spiro atoms. The molecule has 1 aliphatic carbocycles. The number of hydrogen-bond acceptors (Lipinski definition) is 3. The van der Waals surface area contributed by atoms with Crippen LogP contribution in [0.2, 0.25) is 0 Å². The van der Waals surface area contributed by atoms with E-state index in [4.69, 9.17) is 14.7 Å². The molecular weight excluding hydrogens is 685 g/mol. The van der Waals surface area contributed by atoms with Crippen LogP contribution in [0.4, 0.5) is 0 Å². The highest BCUT2D eigenvalue weighted by Gasteiger charge is 2.47. The second kappa shape index (κ2) is 12.2. The predicted molar refractivity (Wildman–Crippen MR) is 234 cm³/mol. The van der Waals surface area contributed by atoms with Gasteiger partial charge in [-0.2, -0.15) is 0 Å².